The SMILES string of the molecule is CN(C)C(=O)c1cccc(Nc2c(Nc3ccccn3)c(=O)c2=O)c1O. The number of hydrogen-bond donors (Lipinski definition) is 3. The van der Waals surface area contributed by atoms with Crippen LogP contribution in [0.2, 0.25) is 0 Å². The van der Waals surface area contributed by atoms with Crippen LogP contribution in [0.1, 0.15) is 10.4 Å². The Labute approximate surface area is 148 Å². The van der Waals surface area contributed by atoms with Crippen molar-refractivity contribution in [2.45, 2.75) is 0 Å². The summed E-state index contributed by atoms with van der Waals surface area (Å²) in [6, 6.07) is 9.64. The molecule has 0 radical (unpaired) electrons. The Hall–Kier alpha value is -3.68. The lowest BCUT2D eigenvalue weighted by Gasteiger charge is -2.17. The normalized spacial score (nSPS) is 10.5. The van der Waals surface area contributed by atoms with Crippen LogP contribution in [0.4, 0.5) is 22.9 Å². The van der Waals surface area contributed by atoms with E-state index in [9.17, 15) is 19.5 Å². The van der Waals surface area contributed by atoms with Gasteiger partial charge in [-0.25, -0.2) is 4.98 Å². The number of nitrogens with zero attached hydrogens (tertiary/aromatic N) is 2. The molecule has 1 aromatic heterocycles. The van der Waals surface area contributed by atoms with Gasteiger partial charge in [-0.3, -0.25) is 14.4 Å². The van der Waals surface area contributed by atoms with Crippen LogP contribution in [-0.2, 0) is 0 Å². The maximum absolute atomic E-state index is 12.1. The lowest BCUT2D eigenvalue weighted by atomic mass is 10.1. The number of pyridine rings is 1. The molecule has 3 rings (SSSR count). The van der Waals surface area contributed by atoms with Gasteiger partial charge >= 0.3 is 0 Å². The molecule has 3 N–H and O–H groups in total. The fourth-order valence-electron chi connectivity index (χ4n) is 2.39. The van der Waals surface area contributed by atoms with E-state index < -0.39 is 10.9 Å². The first-order valence-electron chi connectivity index (χ1n) is 7.72. The van der Waals surface area contributed by atoms with Crippen molar-refractivity contribution in [1.82, 2.24) is 9.88 Å². The molecule has 8 heteroatoms. The van der Waals surface area contributed by atoms with E-state index in [-0.39, 0.29) is 34.3 Å². The molecule has 3 aromatic rings. The molecule has 0 aliphatic carbocycles. The first kappa shape index (κ1) is 17.2. The summed E-state index contributed by atoms with van der Waals surface area (Å²) >= 11 is 0. The monoisotopic (exact) mass is 352 g/mol. The second kappa shape index (κ2) is 6.67. The molecular weight excluding hydrogens is 336 g/mol. The number of nitrogens with one attached hydrogen (secondary N) is 2. The van der Waals surface area contributed by atoms with Crippen molar-refractivity contribution >= 4 is 28.8 Å². The van der Waals surface area contributed by atoms with Crippen LogP contribution < -0.4 is 21.5 Å². The van der Waals surface area contributed by atoms with E-state index in [1.54, 1.807) is 44.6 Å². The van der Waals surface area contributed by atoms with Crippen molar-refractivity contribution in [2.75, 3.05) is 24.7 Å². The van der Waals surface area contributed by atoms with Crippen LogP contribution in [0.25, 0.3) is 0 Å². The van der Waals surface area contributed by atoms with E-state index in [0.717, 1.165) is 0 Å². The molecule has 1 amide bonds. The Morgan fingerprint density at radius 2 is 1.69 bits per heavy atom. The van der Waals surface area contributed by atoms with Crippen LogP contribution in [-0.4, -0.2) is 35.0 Å². The lowest BCUT2D eigenvalue weighted by molar-refractivity contribution is 0.0824. The zero-order valence-corrected chi connectivity index (χ0v) is 14.1. The summed E-state index contributed by atoms with van der Waals surface area (Å²) in [7, 11) is 3.13. The van der Waals surface area contributed by atoms with E-state index in [0.29, 0.717) is 5.82 Å². The third-order valence-corrected chi connectivity index (χ3v) is 3.76. The van der Waals surface area contributed by atoms with Crippen molar-refractivity contribution in [3.8, 4) is 5.75 Å². The van der Waals surface area contributed by atoms with Gasteiger partial charge in [-0.1, -0.05) is 12.1 Å². The average Bonchev–Trinajstić information content (AvgIpc) is 2.65. The molecule has 1 heterocycles. The number of anilines is 4. The topological polar surface area (TPSA) is 112 Å². The summed E-state index contributed by atoms with van der Waals surface area (Å²) in [6.45, 7) is 0. The van der Waals surface area contributed by atoms with Gasteiger partial charge in [-0.15, -0.1) is 0 Å². The lowest BCUT2D eigenvalue weighted by Crippen LogP contribution is -2.36. The van der Waals surface area contributed by atoms with Crippen LogP contribution in [0.5, 0.6) is 5.75 Å². The summed E-state index contributed by atoms with van der Waals surface area (Å²) in [6.07, 6.45) is 1.54. The standard InChI is InChI=1S/C18H16N4O4/c1-22(2)18(26)10-6-5-7-11(15(10)23)20-13-14(17(25)16(13)24)21-12-8-3-4-9-19-12/h3-9,20,23H,1-2H3,(H,19,21). The second-order valence-electron chi connectivity index (χ2n) is 5.77. The molecule has 0 bridgehead atoms. The Morgan fingerprint density at radius 1 is 1.00 bits per heavy atom. The van der Waals surface area contributed by atoms with Crippen LogP contribution >= 0.6 is 0 Å². The Kier molecular flexibility index (Phi) is 4.40. The summed E-state index contributed by atoms with van der Waals surface area (Å²) in [5.41, 5.74) is -1.11. The van der Waals surface area contributed by atoms with Gasteiger partial charge in [0.15, 0.2) is 5.75 Å². The first-order valence-corrected chi connectivity index (χ1v) is 7.72. The zero-order chi connectivity index (χ0) is 18.8. The van der Waals surface area contributed by atoms with E-state index in [1.807, 2.05) is 0 Å². The number of amides is 1. The number of para-hydroxylation sites is 1. The zero-order valence-electron chi connectivity index (χ0n) is 14.1. The number of aromatic hydroxyl groups is 1. The van der Waals surface area contributed by atoms with Gasteiger partial charge in [-0.2, -0.15) is 0 Å². The average molecular weight is 352 g/mol. The molecule has 0 saturated heterocycles. The Balaban J connectivity index is 1.93. The molecule has 0 spiro atoms. The molecule has 0 aliphatic rings. The number of aromatic nitrogens is 1. The number of carbonyl (C=O) groups excluding carboxylic acids is 1. The number of carbonyl (C=O) groups is 1. The van der Waals surface area contributed by atoms with E-state index in [2.05, 4.69) is 15.6 Å². The smallest absolute Gasteiger partial charge is 0.257 e. The Bertz CT molecular complexity index is 1040. The predicted octanol–water partition coefficient (Wildman–Crippen LogP) is 1.57. The number of benzene rings is 1. The second-order valence-corrected chi connectivity index (χ2v) is 5.77. The van der Waals surface area contributed by atoms with E-state index in [4.69, 9.17) is 0 Å². The molecule has 0 saturated carbocycles. The molecular formula is C18H16N4O4. The van der Waals surface area contributed by atoms with Crippen LogP contribution in [0.3, 0.4) is 0 Å². The summed E-state index contributed by atoms with van der Waals surface area (Å²) in [4.78, 5) is 41.2. The third-order valence-electron chi connectivity index (χ3n) is 3.76. The van der Waals surface area contributed by atoms with Crippen LogP contribution in [0.15, 0.2) is 52.2 Å². The molecule has 0 atom stereocenters. The van der Waals surface area contributed by atoms with Gasteiger partial charge in [0, 0.05) is 20.3 Å². The van der Waals surface area contributed by atoms with Crippen molar-refractivity contribution in [2.24, 2.45) is 0 Å². The van der Waals surface area contributed by atoms with Gasteiger partial charge in [-0.05, 0) is 24.3 Å². The highest BCUT2D eigenvalue weighted by Gasteiger charge is 2.23. The highest BCUT2D eigenvalue weighted by atomic mass is 16.3. The molecule has 132 valence electrons. The highest BCUT2D eigenvalue weighted by molar-refractivity contribution is 5.99. The molecule has 2 aromatic carbocycles. The van der Waals surface area contributed by atoms with Gasteiger partial charge in [0.05, 0.1) is 11.3 Å². The minimum Gasteiger partial charge on any atom is -0.505 e. The quantitative estimate of drug-likeness (QED) is 0.472. The molecule has 0 aliphatic heterocycles. The summed E-state index contributed by atoms with van der Waals surface area (Å²) < 4.78 is 0. The van der Waals surface area contributed by atoms with E-state index in [1.165, 1.54) is 17.0 Å². The maximum Gasteiger partial charge on any atom is 0.257 e. The van der Waals surface area contributed by atoms with Crippen LogP contribution in [0, 0.1) is 0 Å². The number of rotatable bonds is 5. The van der Waals surface area contributed by atoms with Crippen molar-refractivity contribution in [3.63, 3.8) is 0 Å². The summed E-state index contributed by atoms with van der Waals surface area (Å²) in [5, 5.41) is 15.9. The van der Waals surface area contributed by atoms with Gasteiger partial charge in [0.2, 0.25) is 0 Å². The minimum absolute atomic E-state index is 0.00500. The van der Waals surface area contributed by atoms with E-state index >= 15 is 0 Å². The van der Waals surface area contributed by atoms with Gasteiger partial charge in [0.25, 0.3) is 16.8 Å². The minimum atomic E-state index is -0.716. The number of phenolic OH excluding ortho intramolecular Hbond substituents is 1. The van der Waals surface area contributed by atoms with Gasteiger partial charge < -0.3 is 20.6 Å². The Morgan fingerprint density at radius 3 is 2.31 bits per heavy atom. The summed E-state index contributed by atoms with van der Waals surface area (Å²) in [5.74, 6) is -0.283. The number of phenols is 1. The maximum atomic E-state index is 12.1. The van der Waals surface area contributed by atoms with Crippen molar-refractivity contribution in [3.05, 3.63) is 68.6 Å². The molecule has 26 heavy (non-hydrogen) atoms. The van der Waals surface area contributed by atoms with Gasteiger partial charge in [0.1, 0.15) is 17.2 Å². The fraction of sp³-hybridized carbons (Fsp3) is 0.111. The third kappa shape index (κ3) is 3.00. The molecule has 8 nitrogen and oxygen atoms in total. The van der Waals surface area contributed by atoms with Crippen molar-refractivity contribution in [1.29, 1.82) is 0 Å². The number of hydrogen-bond acceptors (Lipinski definition) is 7. The predicted molar refractivity (Wildman–Crippen MR) is 98.3 cm³/mol. The molecule has 0 fully saturated rings. The van der Waals surface area contributed by atoms with Crippen molar-refractivity contribution < 1.29 is 9.90 Å². The molecule has 0 unspecified atom stereocenters. The fourth-order valence-corrected chi connectivity index (χ4v) is 2.39. The first-order chi connectivity index (χ1) is 12.4. The highest BCUT2D eigenvalue weighted by Crippen LogP contribution is 2.32. The largest absolute Gasteiger partial charge is 0.505 e.